The molecular formula is C30H33N7O. The van der Waals surface area contributed by atoms with Gasteiger partial charge in [0.25, 0.3) is 5.91 Å². The highest BCUT2D eigenvalue weighted by Crippen LogP contribution is 2.24. The van der Waals surface area contributed by atoms with E-state index in [1.165, 1.54) is 5.56 Å². The summed E-state index contributed by atoms with van der Waals surface area (Å²) in [6.45, 7) is 9.21. The van der Waals surface area contributed by atoms with Gasteiger partial charge in [0.1, 0.15) is 17.6 Å². The fourth-order valence-corrected chi connectivity index (χ4v) is 5.34. The maximum atomic E-state index is 13.5. The quantitative estimate of drug-likeness (QED) is 0.495. The van der Waals surface area contributed by atoms with E-state index in [9.17, 15) is 10.1 Å². The molecule has 8 heteroatoms. The van der Waals surface area contributed by atoms with Crippen LogP contribution < -0.4 is 9.80 Å². The van der Waals surface area contributed by atoms with Crippen LogP contribution in [0.15, 0.2) is 48.7 Å². The third-order valence-corrected chi connectivity index (χ3v) is 7.79. The maximum absolute atomic E-state index is 13.5. The number of amides is 1. The Morgan fingerprint density at radius 3 is 2.42 bits per heavy atom. The summed E-state index contributed by atoms with van der Waals surface area (Å²) in [5, 5.41) is 9.45. The summed E-state index contributed by atoms with van der Waals surface area (Å²) >= 11 is 0. The normalized spacial score (nSPS) is 16.3. The van der Waals surface area contributed by atoms with E-state index in [2.05, 4.69) is 44.7 Å². The minimum atomic E-state index is 0.0739. The van der Waals surface area contributed by atoms with Gasteiger partial charge in [-0.1, -0.05) is 18.1 Å². The van der Waals surface area contributed by atoms with Crippen LogP contribution in [0.3, 0.4) is 0 Å². The van der Waals surface area contributed by atoms with Crippen LogP contribution in [-0.2, 0) is 13.6 Å². The SMILES string of the molecule is C#Cc1ccnc(N2CCN(C(=O)c3cc(CN4CCN(c5ccccc5C#N)CC4)c(C)n3C)CC2)c1. The number of hydrogen-bond acceptors (Lipinski definition) is 6. The number of carbonyl (C=O) groups is 1. The van der Waals surface area contributed by atoms with Crippen molar-refractivity contribution in [3.8, 4) is 18.4 Å². The maximum Gasteiger partial charge on any atom is 0.270 e. The Kier molecular flexibility index (Phi) is 7.35. The van der Waals surface area contributed by atoms with Gasteiger partial charge in [0, 0.05) is 83.4 Å². The van der Waals surface area contributed by atoms with E-state index in [1.807, 2.05) is 52.9 Å². The van der Waals surface area contributed by atoms with Crippen molar-refractivity contribution >= 4 is 17.4 Å². The summed E-state index contributed by atoms with van der Waals surface area (Å²) in [5.74, 6) is 3.60. The van der Waals surface area contributed by atoms with Crippen molar-refractivity contribution in [1.29, 1.82) is 5.26 Å². The van der Waals surface area contributed by atoms with E-state index in [0.29, 0.717) is 13.1 Å². The van der Waals surface area contributed by atoms with Crippen molar-refractivity contribution in [2.75, 3.05) is 62.2 Å². The molecule has 4 heterocycles. The van der Waals surface area contributed by atoms with Crippen molar-refractivity contribution in [1.82, 2.24) is 19.4 Å². The van der Waals surface area contributed by atoms with Gasteiger partial charge in [0.2, 0.25) is 0 Å². The zero-order chi connectivity index (χ0) is 26.6. The minimum Gasteiger partial charge on any atom is -0.368 e. The molecule has 0 radical (unpaired) electrons. The molecule has 5 rings (SSSR count). The molecule has 8 nitrogen and oxygen atoms in total. The first-order valence-corrected chi connectivity index (χ1v) is 13.1. The molecule has 2 aliphatic heterocycles. The Bertz CT molecular complexity index is 1400. The molecule has 0 atom stereocenters. The highest BCUT2D eigenvalue weighted by atomic mass is 16.2. The number of terminal acetylenes is 1. The number of para-hydroxylation sites is 1. The van der Waals surface area contributed by atoms with Crippen molar-refractivity contribution < 1.29 is 4.79 Å². The van der Waals surface area contributed by atoms with Gasteiger partial charge in [-0.3, -0.25) is 9.69 Å². The fraction of sp³-hybridized carbons (Fsp3) is 0.367. The number of nitriles is 1. The Labute approximate surface area is 224 Å². The molecule has 0 bridgehead atoms. The van der Waals surface area contributed by atoms with Crippen LogP contribution in [0.5, 0.6) is 0 Å². The van der Waals surface area contributed by atoms with E-state index in [1.54, 1.807) is 6.20 Å². The molecular weight excluding hydrogens is 474 g/mol. The van der Waals surface area contributed by atoms with Crippen molar-refractivity contribution in [2.45, 2.75) is 13.5 Å². The standard InChI is InChI=1S/C30H33N7O/c1-4-24-9-10-32-29(19-24)36-15-17-37(18-16-36)30(38)28-20-26(23(2)33(28)3)22-34-11-13-35(14-12-34)27-8-6-5-7-25(27)21-31/h1,5-10,19-20H,11-18,22H2,2-3H3. The number of aromatic nitrogens is 2. The average molecular weight is 508 g/mol. The van der Waals surface area contributed by atoms with Gasteiger partial charge in [-0.15, -0.1) is 6.42 Å². The molecule has 3 aromatic rings. The molecule has 2 aromatic heterocycles. The minimum absolute atomic E-state index is 0.0739. The molecule has 0 saturated carbocycles. The Balaban J connectivity index is 1.19. The van der Waals surface area contributed by atoms with Gasteiger partial charge >= 0.3 is 0 Å². The Hall–Kier alpha value is -4.27. The first kappa shape index (κ1) is 25.4. The molecule has 1 aromatic carbocycles. The summed E-state index contributed by atoms with van der Waals surface area (Å²) in [7, 11) is 1.98. The summed E-state index contributed by atoms with van der Waals surface area (Å²) in [4.78, 5) is 26.8. The summed E-state index contributed by atoms with van der Waals surface area (Å²) < 4.78 is 2.03. The largest absolute Gasteiger partial charge is 0.368 e. The van der Waals surface area contributed by atoms with Gasteiger partial charge in [0.05, 0.1) is 11.3 Å². The highest BCUT2D eigenvalue weighted by molar-refractivity contribution is 5.93. The topological polar surface area (TPSA) is 71.6 Å². The lowest BCUT2D eigenvalue weighted by Gasteiger charge is -2.36. The number of anilines is 2. The number of carbonyl (C=O) groups excluding carboxylic acids is 1. The summed E-state index contributed by atoms with van der Waals surface area (Å²) in [5.41, 5.74) is 5.60. The fourth-order valence-electron chi connectivity index (χ4n) is 5.34. The van der Waals surface area contributed by atoms with Crippen LogP contribution in [-0.4, -0.2) is 77.6 Å². The predicted octanol–water partition coefficient (Wildman–Crippen LogP) is 2.87. The zero-order valence-corrected chi connectivity index (χ0v) is 22.1. The second kappa shape index (κ2) is 11.0. The zero-order valence-electron chi connectivity index (χ0n) is 22.1. The van der Waals surface area contributed by atoms with Gasteiger partial charge in [0.15, 0.2) is 0 Å². The molecule has 0 spiro atoms. The van der Waals surface area contributed by atoms with Gasteiger partial charge in [-0.05, 0) is 42.8 Å². The third-order valence-electron chi connectivity index (χ3n) is 7.79. The van der Waals surface area contributed by atoms with Gasteiger partial charge in [-0.25, -0.2) is 4.98 Å². The van der Waals surface area contributed by atoms with Crippen LogP contribution in [0.2, 0.25) is 0 Å². The molecule has 38 heavy (non-hydrogen) atoms. The van der Waals surface area contributed by atoms with E-state index in [-0.39, 0.29) is 5.91 Å². The summed E-state index contributed by atoms with van der Waals surface area (Å²) in [6.07, 6.45) is 7.27. The van der Waals surface area contributed by atoms with Crippen LogP contribution in [0, 0.1) is 30.6 Å². The van der Waals surface area contributed by atoms with E-state index in [4.69, 9.17) is 6.42 Å². The molecule has 2 fully saturated rings. The molecule has 194 valence electrons. The van der Waals surface area contributed by atoms with Crippen LogP contribution >= 0.6 is 0 Å². The van der Waals surface area contributed by atoms with Crippen LogP contribution in [0.25, 0.3) is 0 Å². The highest BCUT2D eigenvalue weighted by Gasteiger charge is 2.27. The van der Waals surface area contributed by atoms with E-state index >= 15 is 0 Å². The number of rotatable bonds is 5. The third kappa shape index (κ3) is 5.09. The lowest BCUT2D eigenvalue weighted by molar-refractivity contribution is 0.0736. The number of benzene rings is 1. The van der Waals surface area contributed by atoms with Gasteiger partial charge < -0.3 is 19.3 Å². The first-order chi connectivity index (χ1) is 18.5. The lowest BCUT2D eigenvalue weighted by atomic mass is 10.1. The second-order valence-electron chi connectivity index (χ2n) is 9.92. The monoisotopic (exact) mass is 507 g/mol. The van der Waals surface area contributed by atoms with Crippen molar-refractivity contribution in [3.05, 3.63) is 76.7 Å². The number of nitrogens with zero attached hydrogens (tertiary/aromatic N) is 7. The summed E-state index contributed by atoms with van der Waals surface area (Å²) in [6, 6.07) is 15.9. The number of pyridine rings is 1. The van der Waals surface area contributed by atoms with Gasteiger partial charge in [-0.2, -0.15) is 5.26 Å². The van der Waals surface area contributed by atoms with Crippen molar-refractivity contribution in [2.24, 2.45) is 7.05 Å². The van der Waals surface area contributed by atoms with Crippen LogP contribution in [0.1, 0.15) is 32.9 Å². The molecule has 2 aliphatic rings. The molecule has 0 N–H and O–H groups in total. The molecule has 0 unspecified atom stereocenters. The van der Waals surface area contributed by atoms with E-state index < -0.39 is 0 Å². The first-order valence-electron chi connectivity index (χ1n) is 13.1. The molecule has 2 saturated heterocycles. The average Bonchev–Trinajstić information content (AvgIpc) is 3.25. The van der Waals surface area contributed by atoms with E-state index in [0.717, 1.165) is 79.8 Å². The molecule has 1 amide bonds. The Morgan fingerprint density at radius 2 is 1.71 bits per heavy atom. The van der Waals surface area contributed by atoms with Crippen molar-refractivity contribution in [3.63, 3.8) is 0 Å². The smallest absolute Gasteiger partial charge is 0.270 e. The Morgan fingerprint density at radius 1 is 1.00 bits per heavy atom. The predicted molar refractivity (Wildman–Crippen MR) is 149 cm³/mol. The van der Waals surface area contributed by atoms with Crippen LogP contribution in [0.4, 0.5) is 11.5 Å². The molecule has 0 aliphatic carbocycles. The lowest BCUT2D eigenvalue weighted by Crippen LogP contribution is -2.49. The second-order valence-corrected chi connectivity index (χ2v) is 9.92. The number of hydrogen-bond donors (Lipinski definition) is 0. The number of piperazine rings is 2.